The first-order valence-corrected chi connectivity index (χ1v) is 12.0. The molecule has 0 saturated heterocycles. The van der Waals surface area contributed by atoms with E-state index in [1.54, 1.807) is 18.2 Å². The van der Waals surface area contributed by atoms with E-state index in [1.807, 2.05) is 0 Å². The van der Waals surface area contributed by atoms with Gasteiger partial charge in [0.05, 0.1) is 6.61 Å². The van der Waals surface area contributed by atoms with E-state index in [4.69, 9.17) is 9.88 Å². The van der Waals surface area contributed by atoms with E-state index < -0.39 is 16.4 Å². The molecule has 0 saturated carbocycles. The van der Waals surface area contributed by atoms with Crippen molar-refractivity contribution in [2.24, 2.45) is 5.14 Å². The van der Waals surface area contributed by atoms with Crippen molar-refractivity contribution in [1.29, 1.82) is 0 Å². The number of carbonyl (C=O) groups excluding carboxylic acids is 1. The van der Waals surface area contributed by atoms with Crippen LogP contribution in [-0.2, 0) is 22.9 Å². The van der Waals surface area contributed by atoms with Crippen molar-refractivity contribution in [3.8, 4) is 11.5 Å². The molecule has 0 aliphatic carbocycles. The number of halogens is 4. The van der Waals surface area contributed by atoms with Gasteiger partial charge in [0.1, 0.15) is 16.4 Å². The van der Waals surface area contributed by atoms with Crippen molar-refractivity contribution >= 4 is 28.2 Å². The monoisotopic (exact) mass is 522 g/mol. The summed E-state index contributed by atoms with van der Waals surface area (Å²) in [5.41, 5.74) is 1.39. The van der Waals surface area contributed by atoms with E-state index in [9.17, 15) is 26.4 Å². The lowest BCUT2D eigenvalue weighted by Crippen LogP contribution is -2.21. The average molecular weight is 523 g/mol. The molecule has 0 atom stereocenters. The molecule has 188 valence electrons. The Bertz CT molecular complexity index is 1110. The van der Waals surface area contributed by atoms with Crippen LogP contribution in [0.2, 0.25) is 0 Å². The molecule has 0 spiro atoms. The lowest BCUT2D eigenvalue weighted by atomic mass is 10.0. The van der Waals surface area contributed by atoms with Crippen molar-refractivity contribution in [2.45, 2.75) is 43.4 Å². The Hall–Kier alpha value is -2.34. The molecular formula is C22H26ClF3N2O5S. The number of Topliss-reactive ketones (excluding diaryl/α,β-unsaturated/α-hetero) is 1. The molecule has 0 aromatic heterocycles. The van der Waals surface area contributed by atoms with E-state index >= 15 is 0 Å². The van der Waals surface area contributed by atoms with Crippen LogP contribution in [0.1, 0.15) is 40.7 Å². The van der Waals surface area contributed by atoms with Gasteiger partial charge >= 0.3 is 6.36 Å². The molecule has 0 bridgehead atoms. The van der Waals surface area contributed by atoms with Crippen LogP contribution in [0.5, 0.6) is 11.5 Å². The zero-order valence-electron chi connectivity index (χ0n) is 18.2. The summed E-state index contributed by atoms with van der Waals surface area (Å²) >= 11 is 0. The molecule has 3 N–H and O–H groups in total. The minimum absolute atomic E-state index is 0. The van der Waals surface area contributed by atoms with Gasteiger partial charge in [0, 0.05) is 18.4 Å². The molecule has 1 aliphatic heterocycles. The number of hydrogen-bond donors (Lipinski definition) is 2. The number of rotatable bonds is 11. The van der Waals surface area contributed by atoms with Crippen molar-refractivity contribution in [3.63, 3.8) is 0 Å². The van der Waals surface area contributed by atoms with Gasteiger partial charge < -0.3 is 14.8 Å². The SMILES string of the molecule is Cl.NS(=O)(=O)c1cc(C(=O)CCCCNCCc2ccccc2OC(F)(F)F)cc2c1OCC2. The minimum atomic E-state index is -4.74. The van der Waals surface area contributed by atoms with E-state index in [1.165, 1.54) is 18.2 Å². The van der Waals surface area contributed by atoms with Gasteiger partial charge in [0.2, 0.25) is 10.0 Å². The Morgan fingerprint density at radius 2 is 1.88 bits per heavy atom. The number of nitrogens with two attached hydrogens (primary N) is 1. The van der Waals surface area contributed by atoms with Crippen molar-refractivity contribution in [2.75, 3.05) is 19.7 Å². The van der Waals surface area contributed by atoms with Crippen LogP contribution in [0, 0.1) is 0 Å². The fourth-order valence-electron chi connectivity index (χ4n) is 3.61. The topological polar surface area (TPSA) is 108 Å². The number of hydrogen-bond acceptors (Lipinski definition) is 6. The predicted molar refractivity (Wildman–Crippen MR) is 122 cm³/mol. The number of carbonyl (C=O) groups is 1. The van der Waals surface area contributed by atoms with Gasteiger partial charge in [-0.3, -0.25) is 4.79 Å². The highest BCUT2D eigenvalue weighted by Crippen LogP contribution is 2.34. The van der Waals surface area contributed by atoms with Crippen LogP contribution in [-0.4, -0.2) is 40.3 Å². The molecule has 2 aromatic carbocycles. The first kappa shape index (κ1) is 27.9. The molecule has 1 heterocycles. The lowest BCUT2D eigenvalue weighted by molar-refractivity contribution is -0.274. The Morgan fingerprint density at radius 1 is 1.15 bits per heavy atom. The molecule has 3 rings (SSSR count). The highest BCUT2D eigenvalue weighted by atomic mass is 35.5. The quantitative estimate of drug-likeness (QED) is 0.343. The Labute approximate surface area is 202 Å². The Morgan fingerprint density at radius 3 is 2.59 bits per heavy atom. The fraction of sp³-hybridized carbons (Fsp3) is 0.409. The third kappa shape index (κ3) is 7.86. The molecule has 34 heavy (non-hydrogen) atoms. The molecule has 2 aromatic rings. The summed E-state index contributed by atoms with van der Waals surface area (Å²) < 4.78 is 70.5. The van der Waals surface area contributed by atoms with Crippen LogP contribution in [0.15, 0.2) is 41.3 Å². The van der Waals surface area contributed by atoms with Gasteiger partial charge in [-0.1, -0.05) is 18.2 Å². The second kappa shape index (κ2) is 11.9. The Kier molecular flexibility index (Phi) is 9.74. The van der Waals surface area contributed by atoms with Gasteiger partial charge in [-0.2, -0.15) is 0 Å². The van der Waals surface area contributed by atoms with Gasteiger partial charge in [0.15, 0.2) is 5.78 Å². The summed E-state index contributed by atoms with van der Waals surface area (Å²) in [6, 6.07) is 8.91. The number of para-hydroxylation sites is 1. The molecule has 0 amide bonds. The van der Waals surface area contributed by atoms with Gasteiger partial charge in [-0.05, 0) is 61.7 Å². The molecular weight excluding hydrogens is 497 g/mol. The predicted octanol–water partition coefficient (Wildman–Crippen LogP) is 3.77. The third-order valence-corrected chi connectivity index (χ3v) is 6.07. The number of nitrogens with one attached hydrogen (secondary N) is 1. The van der Waals surface area contributed by atoms with Crippen molar-refractivity contribution in [1.82, 2.24) is 5.32 Å². The summed E-state index contributed by atoms with van der Waals surface area (Å²) in [5.74, 6) is -0.177. The van der Waals surface area contributed by atoms with Crippen molar-refractivity contribution in [3.05, 3.63) is 53.1 Å². The van der Waals surface area contributed by atoms with Crippen LogP contribution in [0.3, 0.4) is 0 Å². The summed E-state index contributed by atoms with van der Waals surface area (Å²) in [5, 5.41) is 8.40. The highest BCUT2D eigenvalue weighted by Gasteiger charge is 2.32. The van der Waals surface area contributed by atoms with Crippen LogP contribution in [0.4, 0.5) is 13.2 Å². The summed E-state index contributed by atoms with van der Waals surface area (Å²) in [4.78, 5) is 12.4. The molecule has 7 nitrogen and oxygen atoms in total. The summed E-state index contributed by atoms with van der Waals surface area (Å²) in [6.45, 7) is 1.37. The van der Waals surface area contributed by atoms with Gasteiger partial charge in [0.25, 0.3) is 0 Å². The molecule has 0 fully saturated rings. The number of ether oxygens (including phenoxy) is 2. The van der Waals surface area contributed by atoms with Crippen LogP contribution < -0.4 is 19.9 Å². The molecule has 12 heteroatoms. The van der Waals surface area contributed by atoms with Gasteiger partial charge in [-0.25, -0.2) is 13.6 Å². The number of primary sulfonamides is 1. The van der Waals surface area contributed by atoms with Crippen LogP contribution in [0.25, 0.3) is 0 Å². The minimum Gasteiger partial charge on any atom is -0.492 e. The maximum absolute atomic E-state index is 12.5. The van der Waals surface area contributed by atoms with Crippen molar-refractivity contribution < 1.29 is 35.9 Å². The van der Waals surface area contributed by atoms with Crippen LogP contribution >= 0.6 is 12.4 Å². The second-order valence-corrected chi connectivity index (χ2v) is 9.17. The first-order valence-electron chi connectivity index (χ1n) is 10.4. The average Bonchev–Trinajstić information content (AvgIpc) is 3.20. The van der Waals surface area contributed by atoms with E-state index in [0.717, 1.165) is 0 Å². The Balaban J connectivity index is 0.00000408. The highest BCUT2D eigenvalue weighted by molar-refractivity contribution is 7.89. The van der Waals surface area contributed by atoms with E-state index in [-0.39, 0.29) is 46.6 Å². The normalized spacial score (nSPS) is 13.1. The zero-order valence-corrected chi connectivity index (χ0v) is 19.8. The third-order valence-electron chi connectivity index (χ3n) is 5.15. The number of alkyl halides is 3. The first-order chi connectivity index (χ1) is 15.5. The largest absolute Gasteiger partial charge is 0.573 e. The lowest BCUT2D eigenvalue weighted by Gasteiger charge is -2.13. The number of unbranched alkanes of at least 4 members (excludes halogenated alkanes) is 1. The summed E-state index contributed by atoms with van der Waals surface area (Å²) in [7, 11) is -4.01. The molecule has 0 unspecified atom stereocenters. The number of benzene rings is 2. The van der Waals surface area contributed by atoms with E-state index in [2.05, 4.69) is 10.1 Å². The molecule has 0 radical (unpaired) electrons. The fourth-order valence-corrected chi connectivity index (χ4v) is 4.35. The van der Waals surface area contributed by atoms with E-state index in [0.29, 0.717) is 56.5 Å². The number of sulfonamides is 1. The number of fused-ring (bicyclic) bond motifs is 1. The smallest absolute Gasteiger partial charge is 0.492 e. The zero-order chi connectivity index (χ0) is 24.1. The maximum Gasteiger partial charge on any atom is 0.573 e. The standard InChI is InChI=1S/C22H25F3N2O5S.ClH/c23-22(24,25)32-19-7-2-1-5-15(19)8-11-27-10-4-3-6-18(28)17-13-16-9-12-31-21(16)20(14-17)33(26,29)30;/h1-2,5,7,13-14,27H,3-4,6,8-12H2,(H2,26,29,30);1H. The summed E-state index contributed by atoms with van der Waals surface area (Å²) in [6.07, 6.45) is -2.40. The van der Waals surface area contributed by atoms with Gasteiger partial charge in [-0.15, -0.1) is 25.6 Å². The number of ketones is 1. The molecule has 1 aliphatic rings. The second-order valence-electron chi connectivity index (χ2n) is 7.64. The maximum atomic E-state index is 12.5.